The van der Waals surface area contributed by atoms with Gasteiger partial charge in [-0.25, -0.2) is 9.78 Å². The van der Waals surface area contributed by atoms with E-state index in [2.05, 4.69) is 20.6 Å². The molecule has 43 heavy (non-hydrogen) atoms. The minimum absolute atomic E-state index is 0.0490. The smallest absolute Gasteiger partial charge is 0.407 e. The highest BCUT2D eigenvalue weighted by Crippen LogP contribution is 2.26. The van der Waals surface area contributed by atoms with E-state index in [0.717, 1.165) is 5.56 Å². The summed E-state index contributed by atoms with van der Waals surface area (Å²) in [6.45, 7) is 7.22. The van der Waals surface area contributed by atoms with Gasteiger partial charge >= 0.3 is 6.09 Å². The van der Waals surface area contributed by atoms with Crippen molar-refractivity contribution in [3.05, 3.63) is 98.4 Å². The Bertz CT molecular complexity index is 1740. The summed E-state index contributed by atoms with van der Waals surface area (Å²) in [5.41, 5.74) is 1.34. The van der Waals surface area contributed by atoms with E-state index in [9.17, 15) is 19.2 Å². The molecule has 11 heteroatoms. The minimum Gasteiger partial charge on any atom is -0.481 e. The van der Waals surface area contributed by atoms with E-state index in [-0.39, 0.29) is 24.3 Å². The third-order valence-electron chi connectivity index (χ3n) is 6.61. The highest BCUT2D eigenvalue weighted by Gasteiger charge is 2.22. The number of nitrogens with zero attached hydrogens (tertiary/aromatic N) is 1. The van der Waals surface area contributed by atoms with Gasteiger partial charge in [0.2, 0.25) is 5.88 Å². The summed E-state index contributed by atoms with van der Waals surface area (Å²) in [5.74, 6) is -0.919. The van der Waals surface area contributed by atoms with Crippen molar-refractivity contribution in [2.45, 2.75) is 45.6 Å². The molecule has 1 atom stereocenters. The molecule has 2 aromatic heterocycles. The van der Waals surface area contributed by atoms with Gasteiger partial charge in [-0.15, -0.1) is 0 Å². The van der Waals surface area contributed by atoms with Crippen LogP contribution in [0.4, 0.5) is 10.5 Å². The summed E-state index contributed by atoms with van der Waals surface area (Å²) in [7, 11) is 1.47. The van der Waals surface area contributed by atoms with Crippen molar-refractivity contribution in [1.29, 1.82) is 0 Å². The molecule has 0 saturated carbocycles. The lowest BCUT2D eigenvalue weighted by Gasteiger charge is -2.22. The van der Waals surface area contributed by atoms with E-state index in [1.54, 1.807) is 70.2 Å². The van der Waals surface area contributed by atoms with Crippen LogP contribution in [0.15, 0.2) is 65.6 Å². The fourth-order valence-corrected chi connectivity index (χ4v) is 4.61. The van der Waals surface area contributed by atoms with Crippen LogP contribution in [0, 0.1) is 6.92 Å². The molecule has 0 aliphatic carbocycles. The predicted octanol–water partition coefficient (Wildman–Crippen LogP) is 6.03. The normalized spacial score (nSPS) is 12.0. The van der Waals surface area contributed by atoms with Crippen LogP contribution in [0.5, 0.6) is 5.88 Å². The molecule has 2 amide bonds. The number of ketones is 1. The molecule has 4 aromatic rings. The number of amides is 2. The molecule has 1 unspecified atom stereocenters. The number of carbonyl (C=O) groups is 3. The average Bonchev–Trinajstić information content (AvgIpc) is 2.94. The molecule has 2 heterocycles. The van der Waals surface area contributed by atoms with Crippen molar-refractivity contribution in [2.24, 2.45) is 0 Å². The zero-order chi connectivity index (χ0) is 31.3. The Labute approximate surface area is 253 Å². The number of ether oxygens (including phenoxy) is 2. The Balaban J connectivity index is 1.54. The van der Waals surface area contributed by atoms with Crippen LogP contribution in [0.3, 0.4) is 0 Å². The van der Waals surface area contributed by atoms with Crippen LogP contribution in [-0.4, -0.2) is 47.0 Å². The molecular formula is C32H33ClN4O6. The fraction of sp³-hybridized carbons (Fsp3) is 0.281. The maximum atomic E-state index is 13.5. The molecule has 0 saturated heterocycles. The fourth-order valence-electron chi connectivity index (χ4n) is 4.41. The lowest BCUT2D eigenvalue weighted by molar-refractivity contribution is 0.0522. The summed E-state index contributed by atoms with van der Waals surface area (Å²) >= 11 is 6.22. The van der Waals surface area contributed by atoms with E-state index in [4.69, 9.17) is 21.1 Å². The second-order valence-corrected chi connectivity index (χ2v) is 11.5. The lowest BCUT2D eigenvalue weighted by atomic mass is 9.91. The Morgan fingerprint density at radius 2 is 1.84 bits per heavy atom. The molecule has 0 aliphatic heterocycles. The molecule has 2 aromatic carbocycles. The van der Waals surface area contributed by atoms with Gasteiger partial charge in [0, 0.05) is 52.8 Å². The van der Waals surface area contributed by atoms with Crippen LogP contribution in [-0.2, 0) is 4.74 Å². The Morgan fingerprint density at radius 1 is 1.07 bits per heavy atom. The second kappa shape index (κ2) is 13.1. The molecule has 224 valence electrons. The maximum Gasteiger partial charge on any atom is 0.407 e. The van der Waals surface area contributed by atoms with Crippen LogP contribution >= 0.6 is 11.6 Å². The van der Waals surface area contributed by atoms with Crippen molar-refractivity contribution < 1.29 is 23.9 Å². The molecule has 0 radical (unpaired) electrons. The van der Waals surface area contributed by atoms with Gasteiger partial charge < -0.3 is 25.1 Å². The van der Waals surface area contributed by atoms with Gasteiger partial charge in [0.25, 0.3) is 11.5 Å². The molecule has 3 N–H and O–H groups in total. The number of methoxy groups -OCH3 is 1. The number of hydrogen-bond acceptors (Lipinski definition) is 7. The van der Waals surface area contributed by atoms with E-state index in [1.807, 2.05) is 6.07 Å². The molecule has 4 rings (SSSR count). The van der Waals surface area contributed by atoms with Gasteiger partial charge in [-0.2, -0.15) is 0 Å². The van der Waals surface area contributed by atoms with Crippen LogP contribution < -0.4 is 20.9 Å². The van der Waals surface area contributed by atoms with E-state index in [1.165, 1.54) is 19.4 Å². The zero-order valence-electron chi connectivity index (χ0n) is 24.5. The van der Waals surface area contributed by atoms with Gasteiger partial charge in [0.15, 0.2) is 5.78 Å². The van der Waals surface area contributed by atoms with Crippen molar-refractivity contribution in [3.8, 4) is 5.88 Å². The summed E-state index contributed by atoms with van der Waals surface area (Å²) in [6.07, 6.45) is 0.957. The number of aromatic nitrogens is 2. The summed E-state index contributed by atoms with van der Waals surface area (Å²) < 4.78 is 10.4. The molecule has 0 spiro atoms. The van der Waals surface area contributed by atoms with Gasteiger partial charge in [0.1, 0.15) is 11.2 Å². The summed E-state index contributed by atoms with van der Waals surface area (Å²) in [5, 5.41) is 6.56. The number of Topliss-reactive ketones (excluding diaryl/α,β-unsaturated/α-hetero) is 1. The number of carbonyl (C=O) groups excluding carboxylic acids is 3. The first-order valence-electron chi connectivity index (χ1n) is 13.6. The van der Waals surface area contributed by atoms with Gasteiger partial charge in [-0.05, 0) is 63.1 Å². The first-order valence-corrected chi connectivity index (χ1v) is 14.0. The third-order valence-corrected chi connectivity index (χ3v) is 6.84. The Kier molecular flexibility index (Phi) is 9.50. The van der Waals surface area contributed by atoms with Crippen molar-refractivity contribution in [1.82, 2.24) is 15.3 Å². The van der Waals surface area contributed by atoms with Crippen LogP contribution in [0.25, 0.3) is 10.9 Å². The largest absolute Gasteiger partial charge is 0.481 e. The first kappa shape index (κ1) is 31.2. The quantitative estimate of drug-likeness (QED) is 0.198. The molecule has 0 fully saturated rings. The van der Waals surface area contributed by atoms with E-state index >= 15 is 0 Å². The van der Waals surface area contributed by atoms with E-state index in [0.29, 0.717) is 38.6 Å². The number of alkyl carbamates (subject to hydrolysis) is 1. The first-order chi connectivity index (χ1) is 20.3. The number of H-pyrrole nitrogens is 1. The van der Waals surface area contributed by atoms with Crippen molar-refractivity contribution >= 4 is 46.0 Å². The SMILES string of the molecule is COc1cc2[nH]c(=O)c(C(=O)Nc3cc(C(=O)CC(CNC(=O)OC(C)(C)C)c4cccc(Cl)c4)ccc3C)cc2cn1. The van der Waals surface area contributed by atoms with Crippen LogP contribution in [0.2, 0.25) is 5.02 Å². The number of anilines is 1. The summed E-state index contributed by atoms with van der Waals surface area (Å²) in [4.78, 5) is 58.5. The standard InChI is InChI=1S/C32H33ClN4O6/c1-18-9-10-20(13-25(18)36-29(39)24-12-22-17-34-28(42-5)15-26(22)37-30(24)40)27(38)14-21(19-7-6-8-23(33)11-19)16-35-31(41)43-32(2,3)4/h6-13,15,17,21H,14,16H2,1-5H3,(H,35,41)(H,36,39)(H,37,40). The number of benzene rings is 2. The summed E-state index contributed by atoms with van der Waals surface area (Å²) in [6, 6.07) is 15.1. The molecule has 0 aliphatic rings. The number of aromatic amines is 1. The number of hydrogen-bond donors (Lipinski definition) is 3. The van der Waals surface area contributed by atoms with Gasteiger partial charge in [-0.3, -0.25) is 14.4 Å². The predicted molar refractivity (Wildman–Crippen MR) is 165 cm³/mol. The lowest BCUT2D eigenvalue weighted by Crippen LogP contribution is -2.35. The van der Waals surface area contributed by atoms with Crippen molar-refractivity contribution in [3.63, 3.8) is 0 Å². The third kappa shape index (κ3) is 8.20. The van der Waals surface area contributed by atoms with Crippen molar-refractivity contribution in [2.75, 3.05) is 19.0 Å². The number of nitrogens with one attached hydrogen (secondary N) is 3. The highest BCUT2D eigenvalue weighted by molar-refractivity contribution is 6.30. The molecular weight excluding hydrogens is 572 g/mol. The Hall–Kier alpha value is -4.70. The second-order valence-electron chi connectivity index (χ2n) is 11.1. The number of aryl methyl sites for hydroxylation is 1. The minimum atomic E-state index is -0.670. The van der Waals surface area contributed by atoms with Crippen LogP contribution in [0.1, 0.15) is 65.0 Å². The maximum absolute atomic E-state index is 13.5. The number of fused-ring (bicyclic) bond motifs is 1. The number of halogens is 1. The molecule has 0 bridgehead atoms. The highest BCUT2D eigenvalue weighted by atomic mass is 35.5. The monoisotopic (exact) mass is 604 g/mol. The molecule has 10 nitrogen and oxygen atoms in total. The van der Waals surface area contributed by atoms with E-state index < -0.39 is 29.1 Å². The number of rotatable bonds is 9. The van der Waals surface area contributed by atoms with Gasteiger partial charge in [0.05, 0.1) is 12.6 Å². The average molecular weight is 605 g/mol. The topological polar surface area (TPSA) is 139 Å². The Morgan fingerprint density at radius 3 is 2.53 bits per heavy atom. The zero-order valence-corrected chi connectivity index (χ0v) is 25.3. The number of pyridine rings is 2. The van der Waals surface area contributed by atoms with Gasteiger partial charge in [-0.1, -0.05) is 35.9 Å².